The van der Waals surface area contributed by atoms with Gasteiger partial charge >= 0.3 is 0 Å². The molecule has 0 aromatic heterocycles. The second kappa shape index (κ2) is 51.7. The first kappa shape index (κ1) is 60.1. The molecule has 0 aliphatic heterocycles. The van der Waals surface area contributed by atoms with Crippen LogP contribution in [-0.2, 0) is 4.79 Å². The van der Waals surface area contributed by atoms with Crippen molar-refractivity contribution in [1.82, 2.24) is 5.32 Å². The highest BCUT2D eigenvalue weighted by atomic mass is 16.3. The van der Waals surface area contributed by atoms with Gasteiger partial charge in [-0.3, -0.25) is 4.79 Å². The number of carbonyl (C=O) groups is 1. The molecule has 5 heteroatoms. The van der Waals surface area contributed by atoms with Crippen LogP contribution in [0.15, 0.2) is 12.2 Å². The first-order valence-electron chi connectivity index (χ1n) is 28.0. The monoisotopic (exact) mass is 862 g/mol. The molecule has 0 saturated heterocycles. The number of amides is 1. The zero-order chi connectivity index (χ0) is 44.4. The molecule has 0 aromatic rings. The van der Waals surface area contributed by atoms with Gasteiger partial charge in [0, 0.05) is 0 Å². The number of rotatable bonds is 52. The molecule has 0 radical (unpaired) electrons. The van der Waals surface area contributed by atoms with Gasteiger partial charge in [0.1, 0.15) is 6.10 Å². The molecule has 61 heavy (non-hydrogen) atoms. The number of nitrogens with one attached hydrogen (secondary N) is 1. The third-order valence-electron chi connectivity index (χ3n) is 13.4. The standard InChI is InChI=1S/C56H111NO4/c1-3-5-7-9-11-13-15-16-17-18-19-20-21-22-23-24-25-26-27-28-29-30-31-32-33-34-35-36-37-38-39-41-43-45-47-49-51-55(60)56(61)57-53(52-58)54(59)50-48-46-44-42-40-14-12-10-8-6-4-2/h26-27,53-55,58-60H,3-25,28-52H2,1-2H3,(H,57,61)/b27-26-. The average molecular weight is 863 g/mol. The number of unbranched alkanes of at least 4 members (excludes halogenated alkanes) is 42. The van der Waals surface area contributed by atoms with Gasteiger partial charge in [-0.05, 0) is 38.5 Å². The SMILES string of the molecule is CCCCCCCCCCCCCCCCCC/C=C\CCCCCCCCCCCCCCCCCCC(O)C(=O)NC(CO)C(O)CCCCCCCCCCCCC. The quantitative estimate of drug-likeness (QED) is 0.0362. The molecule has 4 N–H and O–H groups in total. The first-order valence-corrected chi connectivity index (χ1v) is 28.0. The van der Waals surface area contributed by atoms with Gasteiger partial charge < -0.3 is 20.6 Å². The van der Waals surface area contributed by atoms with Gasteiger partial charge in [-0.15, -0.1) is 0 Å². The van der Waals surface area contributed by atoms with Crippen LogP contribution in [0.25, 0.3) is 0 Å². The summed E-state index contributed by atoms with van der Waals surface area (Å²) >= 11 is 0. The number of carbonyl (C=O) groups excluding carboxylic acids is 1. The van der Waals surface area contributed by atoms with Crippen molar-refractivity contribution in [1.29, 1.82) is 0 Å². The molecule has 0 saturated carbocycles. The zero-order valence-corrected chi connectivity index (χ0v) is 41.6. The lowest BCUT2D eigenvalue weighted by atomic mass is 10.0. The van der Waals surface area contributed by atoms with Gasteiger partial charge in [0.2, 0.25) is 5.91 Å². The van der Waals surface area contributed by atoms with E-state index in [0.717, 1.165) is 32.1 Å². The van der Waals surface area contributed by atoms with Crippen LogP contribution in [0.2, 0.25) is 0 Å². The van der Waals surface area contributed by atoms with E-state index in [1.54, 1.807) is 0 Å². The molecule has 3 atom stereocenters. The van der Waals surface area contributed by atoms with Gasteiger partial charge in [0.25, 0.3) is 0 Å². The first-order chi connectivity index (χ1) is 30.1. The molecular formula is C56H111NO4. The van der Waals surface area contributed by atoms with E-state index in [2.05, 4.69) is 31.3 Å². The largest absolute Gasteiger partial charge is 0.394 e. The zero-order valence-electron chi connectivity index (χ0n) is 41.6. The predicted molar refractivity (Wildman–Crippen MR) is 269 cm³/mol. The Kier molecular flexibility index (Phi) is 51.0. The maximum atomic E-state index is 12.5. The average Bonchev–Trinajstić information content (AvgIpc) is 3.26. The molecule has 1 amide bonds. The van der Waals surface area contributed by atoms with Crippen LogP contribution in [-0.4, -0.2) is 46.1 Å². The normalized spacial score (nSPS) is 13.3. The van der Waals surface area contributed by atoms with Crippen LogP contribution < -0.4 is 5.32 Å². The summed E-state index contributed by atoms with van der Waals surface area (Å²) in [5, 5.41) is 33.3. The molecule has 0 rings (SSSR count). The Morgan fingerprint density at radius 3 is 0.902 bits per heavy atom. The molecule has 0 bridgehead atoms. The lowest BCUT2D eigenvalue weighted by Gasteiger charge is -2.23. The fourth-order valence-electron chi connectivity index (χ4n) is 9.01. The Hall–Kier alpha value is -0.910. The lowest BCUT2D eigenvalue weighted by Crippen LogP contribution is -2.49. The van der Waals surface area contributed by atoms with Gasteiger partial charge in [0.15, 0.2) is 0 Å². The Morgan fingerprint density at radius 2 is 0.623 bits per heavy atom. The van der Waals surface area contributed by atoms with Crippen molar-refractivity contribution in [2.45, 2.75) is 334 Å². The van der Waals surface area contributed by atoms with Crippen LogP contribution in [0.5, 0.6) is 0 Å². The highest BCUT2D eigenvalue weighted by Gasteiger charge is 2.23. The molecule has 0 heterocycles. The number of aliphatic hydroxyl groups is 3. The molecule has 0 fully saturated rings. The molecule has 364 valence electrons. The number of hydrogen-bond acceptors (Lipinski definition) is 4. The summed E-state index contributed by atoms with van der Waals surface area (Å²) in [4.78, 5) is 12.5. The van der Waals surface area contributed by atoms with E-state index < -0.39 is 24.2 Å². The summed E-state index contributed by atoms with van der Waals surface area (Å²) in [6, 6.07) is -0.707. The van der Waals surface area contributed by atoms with Crippen molar-refractivity contribution in [3.05, 3.63) is 12.2 Å². The maximum absolute atomic E-state index is 12.5. The molecule has 5 nitrogen and oxygen atoms in total. The smallest absolute Gasteiger partial charge is 0.249 e. The Labute approximate surface area is 382 Å². The van der Waals surface area contributed by atoms with Crippen LogP contribution in [0.4, 0.5) is 0 Å². The molecule has 0 spiro atoms. The summed E-state index contributed by atoms with van der Waals surface area (Å²) in [5.41, 5.74) is 0. The van der Waals surface area contributed by atoms with E-state index in [4.69, 9.17) is 0 Å². The van der Waals surface area contributed by atoms with Crippen LogP contribution in [0.3, 0.4) is 0 Å². The third-order valence-corrected chi connectivity index (χ3v) is 13.4. The highest BCUT2D eigenvalue weighted by Crippen LogP contribution is 2.18. The van der Waals surface area contributed by atoms with Gasteiger partial charge in [0.05, 0.1) is 18.8 Å². The Bertz CT molecular complexity index is 864. The van der Waals surface area contributed by atoms with Crippen molar-refractivity contribution < 1.29 is 20.1 Å². The van der Waals surface area contributed by atoms with Crippen molar-refractivity contribution in [3.8, 4) is 0 Å². The van der Waals surface area contributed by atoms with E-state index in [1.807, 2.05) is 0 Å². The molecule has 0 aliphatic rings. The maximum Gasteiger partial charge on any atom is 0.249 e. The molecular weight excluding hydrogens is 751 g/mol. The van der Waals surface area contributed by atoms with Crippen molar-refractivity contribution in [2.75, 3.05) is 6.61 Å². The van der Waals surface area contributed by atoms with E-state index >= 15 is 0 Å². The van der Waals surface area contributed by atoms with E-state index in [-0.39, 0.29) is 6.61 Å². The molecule has 0 aromatic carbocycles. The Morgan fingerprint density at radius 1 is 0.377 bits per heavy atom. The topological polar surface area (TPSA) is 89.8 Å². The summed E-state index contributed by atoms with van der Waals surface area (Å²) < 4.78 is 0. The predicted octanol–water partition coefficient (Wildman–Crippen LogP) is 17.1. The van der Waals surface area contributed by atoms with Crippen LogP contribution in [0.1, 0.15) is 316 Å². The molecule has 3 unspecified atom stereocenters. The number of aliphatic hydroxyl groups excluding tert-OH is 3. The second-order valence-corrected chi connectivity index (χ2v) is 19.5. The van der Waals surface area contributed by atoms with Crippen molar-refractivity contribution in [3.63, 3.8) is 0 Å². The van der Waals surface area contributed by atoms with E-state index in [0.29, 0.717) is 12.8 Å². The highest BCUT2D eigenvalue weighted by molar-refractivity contribution is 5.80. The van der Waals surface area contributed by atoms with Crippen molar-refractivity contribution in [2.24, 2.45) is 0 Å². The van der Waals surface area contributed by atoms with Crippen molar-refractivity contribution >= 4 is 5.91 Å². The lowest BCUT2D eigenvalue weighted by molar-refractivity contribution is -0.131. The third kappa shape index (κ3) is 46.9. The summed E-state index contributed by atoms with van der Waals surface area (Å²) in [5.74, 6) is -0.467. The number of allylic oxidation sites excluding steroid dienone is 2. The number of hydrogen-bond donors (Lipinski definition) is 4. The minimum absolute atomic E-state index is 0.310. The second-order valence-electron chi connectivity index (χ2n) is 19.5. The molecule has 0 aliphatic carbocycles. The minimum atomic E-state index is -1.07. The van der Waals surface area contributed by atoms with Crippen LogP contribution >= 0.6 is 0 Å². The fourth-order valence-corrected chi connectivity index (χ4v) is 9.01. The summed E-state index contributed by atoms with van der Waals surface area (Å²) in [6.07, 6.45) is 64.2. The fraction of sp³-hybridized carbons (Fsp3) is 0.946. The summed E-state index contributed by atoms with van der Waals surface area (Å²) in [6.45, 7) is 4.25. The Balaban J connectivity index is 3.42. The summed E-state index contributed by atoms with van der Waals surface area (Å²) in [7, 11) is 0. The van der Waals surface area contributed by atoms with Gasteiger partial charge in [-0.25, -0.2) is 0 Å². The van der Waals surface area contributed by atoms with Crippen LogP contribution in [0, 0.1) is 0 Å². The van der Waals surface area contributed by atoms with E-state index in [9.17, 15) is 20.1 Å². The van der Waals surface area contributed by atoms with E-state index in [1.165, 1.54) is 257 Å². The van der Waals surface area contributed by atoms with Gasteiger partial charge in [-0.1, -0.05) is 289 Å². The minimum Gasteiger partial charge on any atom is -0.394 e. The van der Waals surface area contributed by atoms with Gasteiger partial charge in [-0.2, -0.15) is 0 Å².